The molecular formula is C19H19N5O2. The van der Waals surface area contributed by atoms with Crippen molar-refractivity contribution < 1.29 is 9.53 Å². The first-order chi connectivity index (χ1) is 12.8. The van der Waals surface area contributed by atoms with E-state index in [-0.39, 0.29) is 12.3 Å². The van der Waals surface area contributed by atoms with Crippen LogP contribution in [-0.2, 0) is 11.3 Å². The van der Waals surface area contributed by atoms with Crippen LogP contribution in [0.25, 0.3) is 0 Å². The summed E-state index contributed by atoms with van der Waals surface area (Å²) in [5.41, 5.74) is 0.907. The van der Waals surface area contributed by atoms with E-state index < -0.39 is 0 Å². The van der Waals surface area contributed by atoms with Crippen molar-refractivity contribution in [1.82, 2.24) is 15.2 Å². The summed E-state index contributed by atoms with van der Waals surface area (Å²) >= 11 is 0. The van der Waals surface area contributed by atoms with E-state index in [2.05, 4.69) is 25.8 Å². The number of carbonyl (C=O) groups is 1. The zero-order chi connectivity index (χ0) is 18.0. The van der Waals surface area contributed by atoms with Gasteiger partial charge in [-0.1, -0.05) is 24.3 Å². The van der Waals surface area contributed by atoms with Gasteiger partial charge in [-0.2, -0.15) is 0 Å². The van der Waals surface area contributed by atoms with Gasteiger partial charge in [0.1, 0.15) is 11.6 Å². The van der Waals surface area contributed by atoms with Gasteiger partial charge in [-0.3, -0.25) is 9.78 Å². The smallest absolute Gasteiger partial charge is 0.229 e. The van der Waals surface area contributed by atoms with Crippen LogP contribution < -0.4 is 15.4 Å². The molecule has 2 heterocycles. The number of anilines is 2. The molecule has 7 nitrogen and oxygen atoms in total. The summed E-state index contributed by atoms with van der Waals surface area (Å²) in [7, 11) is 0. The predicted molar refractivity (Wildman–Crippen MR) is 98.8 cm³/mol. The molecule has 2 aromatic heterocycles. The maximum atomic E-state index is 11.9. The molecule has 2 N–H and O–H groups in total. The highest BCUT2D eigenvalue weighted by molar-refractivity contribution is 5.89. The molecule has 3 aromatic rings. The van der Waals surface area contributed by atoms with Crippen LogP contribution in [0.2, 0.25) is 0 Å². The maximum Gasteiger partial charge on any atom is 0.229 e. The van der Waals surface area contributed by atoms with E-state index in [0.717, 1.165) is 11.4 Å². The minimum absolute atomic E-state index is 0.176. The van der Waals surface area contributed by atoms with Crippen molar-refractivity contribution in [2.75, 3.05) is 17.2 Å². The molecule has 0 unspecified atom stereocenters. The summed E-state index contributed by atoms with van der Waals surface area (Å²) in [6, 6.07) is 18.5. The Balaban J connectivity index is 1.41. The molecule has 0 fully saturated rings. The standard InChI is InChI=1S/C19H19N5O2/c25-19(11-13-26-16-7-2-1-3-8-16)22-18-10-9-17(23-24-18)21-14-15-6-4-5-12-20-15/h1-10,12H,11,13-14H2,(H,21,23)(H,22,24,25). The third-order valence-electron chi connectivity index (χ3n) is 3.45. The third kappa shape index (κ3) is 5.55. The van der Waals surface area contributed by atoms with Gasteiger partial charge in [0, 0.05) is 6.20 Å². The monoisotopic (exact) mass is 349 g/mol. The molecule has 0 saturated heterocycles. The van der Waals surface area contributed by atoms with Gasteiger partial charge in [0.25, 0.3) is 0 Å². The van der Waals surface area contributed by atoms with Crippen LogP contribution in [-0.4, -0.2) is 27.7 Å². The molecule has 7 heteroatoms. The number of nitrogens with one attached hydrogen (secondary N) is 2. The summed E-state index contributed by atoms with van der Waals surface area (Å²) in [5.74, 6) is 1.58. The van der Waals surface area contributed by atoms with E-state index in [0.29, 0.717) is 24.8 Å². The highest BCUT2D eigenvalue weighted by atomic mass is 16.5. The van der Waals surface area contributed by atoms with Gasteiger partial charge in [-0.05, 0) is 36.4 Å². The summed E-state index contributed by atoms with van der Waals surface area (Å²) in [4.78, 5) is 16.1. The number of para-hydroxylation sites is 1. The van der Waals surface area contributed by atoms with E-state index in [1.54, 1.807) is 18.3 Å². The third-order valence-corrected chi connectivity index (χ3v) is 3.45. The Hall–Kier alpha value is -3.48. The quantitative estimate of drug-likeness (QED) is 0.650. The van der Waals surface area contributed by atoms with Crippen LogP contribution in [0, 0.1) is 0 Å². The number of aromatic nitrogens is 3. The average molecular weight is 349 g/mol. The minimum Gasteiger partial charge on any atom is -0.493 e. The molecule has 0 aliphatic heterocycles. The van der Waals surface area contributed by atoms with Crippen molar-refractivity contribution in [2.45, 2.75) is 13.0 Å². The number of nitrogens with zero attached hydrogens (tertiary/aromatic N) is 3. The lowest BCUT2D eigenvalue weighted by molar-refractivity contribution is -0.116. The number of pyridine rings is 1. The first-order valence-corrected chi connectivity index (χ1v) is 8.25. The van der Waals surface area contributed by atoms with E-state index in [1.807, 2.05) is 48.5 Å². The molecule has 132 valence electrons. The number of benzene rings is 1. The van der Waals surface area contributed by atoms with Crippen molar-refractivity contribution in [3.8, 4) is 5.75 Å². The largest absolute Gasteiger partial charge is 0.493 e. The molecule has 0 radical (unpaired) electrons. The summed E-state index contributed by atoms with van der Waals surface area (Å²) in [5, 5.41) is 13.9. The van der Waals surface area contributed by atoms with Crippen LogP contribution in [0.5, 0.6) is 5.75 Å². The van der Waals surface area contributed by atoms with Gasteiger partial charge in [-0.15, -0.1) is 10.2 Å². The Morgan fingerprint density at radius 3 is 2.42 bits per heavy atom. The van der Waals surface area contributed by atoms with Crippen LogP contribution in [0.4, 0.5) is 11.6 Å². The van der Waals surface area contributed by atoms with Crippen LogP contribution >= 0.6 is 0 Å². The fourth-order valence-electron chi connectivity index (χ4n) is 2.16. The van der Waals surface area contributed by atoms with Crippen LogP contribution in [0.15, 0.2) is 66.9 Å². The van der Waals surface area contributed by atoms with Gasteiger partial charge < -0.3 is 15.4 Å². The van der Waals surface area contributed by atoms with Gasteiger partial charge in [0.2, 0.25) is 5.91 Å². The topological polar surface area (TPSA) is 89.0 Å². The van der Waals surface area contributed by atoms with Crippen LogP contribution in [0.1, 0.15) is 12.1 Å². The fraction of sp³-hybridized carbons (Fsp3) is 0.158. The molecule has 0 aliphatic rings. The van der Waals surface area contributed by atoms with Crippen molar-refractivity contribution in [2.24, 2.45) is 0 Å². The summed E-state index contributed by atoms with van der Waals surface area (Å²) < 4.78 is 5.49. The number of amides is 1. The lowest BCUT2D eigenvalue weighted by Crippen LogP contribution is -2.16. The molecule has 26 heavy (non-hydrogen) atoms. The Morgan fingerprint density at radius 1 is 0.923 bits per heavy atom. The summed E-state index contributed by atoms with van der Waals surface area (Å²) in [6.45, 7) is 0.852. The predicted octanol–water partition coefficient (Wildman–Crippen LogP) is 2.89. The number of ether oxygens (including phenoxy) is 1. The van der Waals surface area contributed by atoms with Gasteiger partial charge in [0.15, 0.2) is 5.82 Å². The molecule has 1 aromatic carbocycles. The molecular weight excluding hydrogens is 330 g/mol. The van der Waals surface area contributed by atoms with Gasteiger partial charge in [-0.25, -0.2) is 0 Å². The Morgan fingerprint density at radius 2 is 1.69 bits per heavy atom. The fourth-order valence-corrected chi connectivity index (χ4v) is 2.16. The van der Waals surface area contributed by atoms with Crippen LogP contribution in [0.3, 0.4) is 0 Å². The Labute approximate surface area is 151 Å². The Bertz CT molecular complexity index is 810. The van der Waals surface area contributed by atoms with Crippen molar-refractivity contribution in [3.63, 3.8) is 0 Å². The zero-order valence-electron chi connectivity index (χ0n) is 14.1. The first-order valence-electron chi connectivity index (χ1n) is 8.25. The molecule has 3 rings (SSSR count). The SMILES string of the molecule is O=C(CCOc1ccccc1)Nc1ccc(NCc2ccccn2)nn1. The Kier molecular flexibility index (Phi) is 6.09. The highest BCUT2D eigenvalue weighted by Crippen LogP contribution is 2.10. The van der Waals surface area contributed by atoms with Gasteiger partial charge >= 0.3 is 0 Å². The molecule has 0 spiro atoms. The minimum atomic E-state index is -0.176. The average Bonchev–Trinajstić information content (AvgIpc) is 2.69. The number of rotatable bonds is 8. The number of hydrogen-bond acceptors (Lipinski definition) is 6. The maximum absolute atomic E-state index is 11.9. The molecule has 0 atom stereocenters. The molecule has 1 amide bonds. The van der Waals surface area contributed by atoms with Crippen molar-refractivity contribution in [1.29, 1.82) is 0 Å². The van der Waals surface area contributed by atoms with Crippen molar-refractivity contribution in [3.05, 3.63) is 72.6 Å². The lowest BCUT2D eigenvalue weighted by atomic mass is 10.3. The van der Waals surface area contributed by atoms with E-state index >= 15 is 0 Å². The highest BCUT2D eigenvalue weighted by Gasteiger charge is 2.05. The van der Waals surface area contributed by atoms with Crippen molar-refractivity contribution >= 4 is 17.5 Å². The second kappa shape index (κ2) is 9.12. The molecule has 0 aliphatic carbocycles. The molecule has 0 bridgehead atoms. The number of carbonyl (C=O) groups excluding carboxylic acids is 1. The second-order valence-electron chi connectivity index (χ2n) is 5.44. The number of hydrogen-bond donors (Lipinski definition) is 2. The summed E-state index contributed by atoms with van der Waals surface area (Å²) in [6.07, 6.45) is 1.97. The normalized spacial score (nSPS) is 10.2. The zero-order valence-corrected chi connectivity index (χ0v) is 14.1. The van der Waals surface area contributed by atoms with E-state index in [1.165, 1.54) is 0 Å². The first kappa shape index (κ1) is 17.3. The molecule has 0 saturated carbocycles. The van der Waals surface area contributed by atoms with E-state index in [4.69, 9.17) is 4.74 Å². The van der Waals surface area contributed by atoms with Gasteiger partial charge in [0.05, 0.1) is 25.3 Å². The van der Waals surface area contributed by atoms with E-state index in [9.17, 15) is 4.79 Å². The lowest BCUT2D eigenvalue weighted by Gasteiger charge is -2.07. The second-order valence-corrected chi connectivity index (χ2v) is 5.44.